The van der Waals surface area contributed by atoms with Crippen molar-refractivity contribution in [2.24, 2.45) is 0 Å². The zero-order chi connectivity index (χ0) is 26.6. The van der Waals surface area contributed by atoms with E-state index in [1.807, 2.05) is 4.72 Å². The summed E-state index contributed by atoms with van der Waals surface area (Å²) in [5.74, 6) is -1.80. The molecule has 1 saturated heterocycles. The molecule has 0 saturated carbocycles. The molecule has 0 spiro atoms. The quantitative estimate of drug-likeness (QED) is 0.243. The van der Waals surface area contributed by atoms with E-state index in [4.69, 9.17) is 10.5 Å². The van der Waals surface area contributed by atoms with E-state index in [-0.39, 0.29) is 29.9 Å². The number of ketones is 1. The highest BCUT2D eigenvalue weighted by atomic mass is 32.2. The van der Waals surface area contributed by atoms with Crippen LogP contribution in [0.5, 0.6) is 0 Å². The van der Waals surface area contributed by atoms with Crippen LogP contribution in [0.1, 0.15) is 52.6 Å². The number of anilines is 1. The second-order valence-corrected chi connectivity index (χ2v) is 9.71. The normalized spacial score (nSPS) is 17.5. The van der Waals surface area contributed by atoms with Gasteiger partial charge in [0.25, 0.3) is 0 Å². The van der Waals surface area contributed by atoms with Gasteiger partial charge < -0.3 is 15.2 Å². The molecule has 2 aromatic heterocycles. The summed E-state index contributed by atoms with van der Waals surface area (Å²) in [6.45, 7) is -0.0751. The lowest BCUT2D eigenvalue weighted by atomic mass is 10.0. The number of ether oxygens (including phenoxy) is 2. The third-order valence-corrected chi connectivity index (χ3v) is 6.79. The largest absolute Gasteiger partial charge is 0.465 e. The minimum atomic E-state index is -4.19. The number of nitrogens with zero attached hydrogens (tertiary/aromatic N) is 4. The first-order valence-electron chi connectivity index (χ1n) is 11.3. The van der Waals surface area contributed by atoms with Gasteiger partial charge in [0, 0.05) is 24.9 Å². The van der Waals surface area contributed by atoms with Gasteiger partial charge in [-0.1, -0.05) is 18.2 Å². The number of fused-ring (bicyclic) bond motifs is 1. The van der Waals surface area contributed by atoms with Gasteiger partial charge in [-0.25, -0.2) is 24.5 Å². The molecule has 0 bridgehead atoms. The molecule has 14 nitrogen and oxygen atoms in total. The Morgan fingerprint density at radius 2 is 1.89 bits per heavy atom. The highest BCUT2D eigenvalue weighted by Gasteiger charge is 2.29. The number of nitrogens with one attached hydrogen (secondary N) is 2. The summed E-state index contributed by atoms with van der Waals surface area (Å²) < 4.78 is 41.1. The average Bonchev–Trinajstić information content (AvgIpc) is 3.53. The molecule has 2 unspecified atom stereocenters. The third-order valence-electron chi connectivity index (χ3n) is 5.74. The van der Waals surface area contributed by atoms with Crippen LogP contribution in [-0.4, -0.2) is 65.4 Å². The third kappa shape index (κ3) is 6.07. The lowest BCUT2D eigenvalue weighted by Crippen LogP contribution is -2.43. The van der Waals surface area contributed by atoms with Crippen molar-refractivity contribution in [1.29, 1.82) is 0 Å². The lowest BCUT2D eigenvalue weighted by molar-refractivity contribution is -0.119. The molecule has 1 aliphatic rings. The van der Waals surface area contributed by atoms with Crippen LogP contribution in [0.3, 0.4) is 0 Å². The number of carbonyl (C=O) groups excluding carboxylic acids is 3. The van der Waals surface area contributed by atoms with Gasteiger partial charge in [0.05, 0.1) is 25.1 Å². The Morgan fingerprint density at radius 1 is 1.14 bits per heavy atom. The maximum absolute atomic E-state index is 12.5. The number of esters is 1. The number of nitrogen functional groups attached to an aromatic ring is 1. The molecule has 0 aliphatic carbocycles. The van der Waals surface area contributed by atoms with Gasteiger partial charge in [-0.2, -0.15) is 13.1 Å². The second-order valence-electron chi connectivity index (χ2n) is 8.21. The molecule has 1 fully saturated rings. The Balaban J connectivity index is 1.26. The van der Waals surface area contributed by atoms with Crippen LogP contribution >= 0.6 is 0 Å². The first kappa shape index (κ1) is 26.1. The number of benzene rings is 1. The van der Waals surface area contributed by atoms with Crippen molar-refractivity contribution in [3.8, 4) is 0 Å². The summed E-state index contributed by atoms with van der Waals surface area (Å²) >= 11 is 0. The molecule has 4 rings (SSSR count). The molecule has 0 radical (unpaired) electrons. The van der Waals surface area contributed by atoms with E-state index in [0.29, 0.717) is 24.0 Å². The van der Waals surface area contributed by atoms with Crippen molar-refractivity contribution in [3.05, 3.63) is 48.0 Å². The molecule has 15 heteroatoms. The van der Waals surface area contributed by atoms with Crippen molar-refractivity contribution < 1.29 is 32.3 Å². The molecular formula is C22H25N7O7S. The molecule has 37 heavy (non-hydrogen) atoms. The number of carbonyl (C=O) groups is 3. The highest BCUT2D eigenvalue weighted by molar-refractivity contribution is 7.88. The average molecular weight is 532 g/mol. The van der Waals surface area contributed by atoms with Gasteiger partial charge in [0.15, 0.2) is 17.2 Å². The Kier molecular flexibility index (Phi) is 7.75. The van der Waals surface area contributed by atoms with E-state index in [0.717, 1.165) is 0 Å². The smallest absolute Gasteiger partial charge is 0.338 e. The number of hydrogen-bond acceptors (Lipinski definition) is 11. The van der Waals surface area contributed by atoms with Crippen LogP contribution in [0.25, 0.3) is 11.2 Å². The van der Waals surface area contributed by atoms with Crippen molar-refractivity contribution in [2.45, 2.75) is 38.0 Å². The Morgan fingerprint density at radius 3 is 2.65 bits per heavy atom. The summed E-state index contributed by atoms with van der Waals surface area (Å²) in [6, 6.07) is 6.02. The summed E-state index contributed by atoms with van der Waals surface area (Å²) in [7, 11) is -3.00. The van der Waals surface area contributed by atoms with E-state index >= 15 is 0 Å². The van der Waals surface area contributed by atoms with Crippen molar-refractivity contribution in [2.75, 3.05) is 19.4 Å². The number of Topliss-reactive ketones (excluding diaryl/α,β-unsaturated/α-hetero) is 1. The van der Waals surface area contributed by atoms with Crippen molar-refractivity contribution in [3.63, 3.8) is 0 Å². The maximum atomic E-state index is 12.5. The Labute approximate surface area is 211 Å². The molecule has 1 aliphatic heterocycles. The fourth-order valence-corrected chi connectivity index (χ4v) is 4.82. The summed E-state index contributed by atoms with van der Waals surface area (Å²) in [6.07, 6.45) is 2.44. The number of imidazole rings is 1. The van der Waals surface area contributed by atoms with Gasteiger partial charge in [-0.15, -0.1) is 0 Å². The first-order chi connectivity index (χ1) is 17.7. The van der Waals surface area contributed by atoms with Gasteiger partial charge >= 0.3 is 16.2 Å². The second kappa shape index (κ2) is 11.0. The Hall–Kier alpha value is -3.95. The number of aromatic nitrogens is 4. The zero-order valence-electron chi connectivity index (χ0n) is 19.8. The molecule has 1 amide bonds. The summed E-state index contributed by atoms with van der Waals surface area (Å²) in [5, 5.41) is 0. The number of amides is 1. The van der Waals surface area contributed by atoms with Crippen LogP contribution in [-0.2, 0) is 24.5 Å². The monoisotopic (exact) mass is 531 g/mol. The van der Waals surface area contributed by atoms with Crippen LogP contribution in [0, 0.1) is 0 Å². The fourth-order valence-electron chi connectivity index (χ4n) is 3.94. The minimum absolute atomic E-state index is 0.0687. The predicted molar refractivity (Wildman–Crippen MR) is 129 cm³/mol. The van der Waals surface area contributed by atoms with Gasteiger partial charge in [-0.05, 0) is 18.9 Å². The summed E-state index contributed by atoms with van der Waals surface area (Å²) in [5.41, 5.74) is 6.93. The Bertz CT molecular complexity index is 1440. The van der Waals surface area contributed by atoms with Gasteiger partial charge in [-0.3, -0.25) is 14.2 Å². The number of rotatable bonds is 10. The van der Waals surface area contributed by atoms with Gasteiger partial charge in [0.2, 0.25) is 5.91 Å². The summed E-state index contributed by atoms with van der Waals surface area (Å²) in [4.78, 5) is 48.8. The van der Waals surface area contributed by atoms with Crippen LogP contribution < -0.4 is 15.2 Å². The van der Waals surface area contributed by atoms with Crippen LogP contribution in [0.2, 0.25) is 0 Å². The molecule has 4 N–H and O–H groups in total. The number of hydrogen-bond donors (Lipinski definition) is 3. The molecule has 196 valence electrons. The fraction of sp³-hybridized carbons (Fsp3) is 0.364. The molecule has 1 aromatic carbocycles. The standard InChI is InChI=1S/C22H25N7O7S/c1-35-22(32)15-5-3-2-4-14(15)16(30)7-8-17(31)28-37(33,34)27-10-13-6-9-18(36-13)29-12-26-19-20(23)24-11-25-21(19)29/h2-5,11-13,18,27H,6-10H2,1H3,(H,28,31)(H2,23,24,25). The molecule has 2 atom stereocenters. The molecular weight excluding hydrogens is 506 g/mol. The van der Waals surface area contributed by atoms with E-state index in [2.05, 4.69) is 24.4 Å². The van der Waals surface area contributed by atoms with E-state index in [1.165, 1.54) is 31.9 Å². The molecule has 3 heterocycles. The first-order valence-corrected chi connectivity index (χ1v) is 12.8. The lowest BCUT2D eigenvalue weighted by Gasteiger charge is -2.16. The number of methoxy groups -OCH3 is 1. The maximum Gasteiger partial charge on any atom is 0.338 e. The minimum Gasteiger partial charge on any atom is -0.465 e. The highest BCUT2D eigenvalue weighted by Crippen LogP contribution is 2.30. The van der Waals surface area contributed by atoms with E-state index in [9.17, 15) is 22.8 Å². The zero-order valence-corrected chi connectivity index (χ0v) is 20.6. The van der Waals surface area contributed by atoms with Gasteiger partial charge in [0.1, 0.15) is 18.1 Å². The molecule has 3 aromatic rings. The topological polar surface area (TPSA) is 197 Å². The van der Waals surface area contributed by atoms with E-state index < -0.39 is 46.6 Å². The SMILES string of the molecule is COC(=O)c1ccccc1C(=O)CCC(=O)NS(=O)(=O)NCC1CCC(n2cnc3c(N)ncnc32)O1. The van der Waals surface area contributed by atoms with Crippen molar-refractivity contribution in [1.82, 2.24) is 29.0 Å². The van der Waals surface area contributed by atoms with Crippen molar-refractivity contribution >= 4 is 44.9 Å². The predicted octanol–water partition coefficient (Wildman–Crippen LogP) is 0.486. The van der Waals surface area contributed by atoms with Crippen LogP contribution in [0.15, 0.2) is 36.9 Å². The number of nitrogens with two attached hydrogens (primary N) is 1. The van der Waals surface area contributed by atoms with E-state index in [1.54, 1.807) is 16.7 Å². The van der Waals surface area contributed by atoms with Crippen LogP contribution in [0.4, 0.5) is 5.82 Å².